The van der Waals surface area contributed by atoms with E-state index in [0.29, 0.717) is 0 Å². The Kier molecular flexibility index (Phi) is 5.01. The van der Waals surface area contributed by atoms with Crippen LogP contribution < -0.4 is 0 Å². The first-order valence-corrected chi connectivity index (χ1v) is 4.18. The lowest BCUT2D eigenvalue weighted by atomic mass is 10.3. The number of allylic oxidation sites excluding steroid dienone is 2. The minimum absolute atomic E-state index is 0.146. The van der Waals surface area contributed by atoms with Crippen LogP contribution in [0, 0.1) is 0 Å². The monoisotopic (exact) mass is 211 g/mol. The van der Waals surface area contributed by atoms with Crippen LogP contribution in [-0.2, 0) is 19.1 Å². The first-order valence-electron chi connectivity index (χ1n) is 4.18. The Morgan fingerprint density at radius 1 is 1.20 bits per heavy atom. The summed E-state index contributed by atoms with van der Waals surface area (Å²) >= 11 is 0. The fourth-order valence-electron chi connectivity index (χ4n) is 1.01. The van der Waals surface area contributed by atoms with Gasteiger partial charge in [0.15, 0.2) is 0 Å². The molecular formula is C10H13NO4. The first kappa shape index (κ1) is 13.1. The van der Waals surface area contributed by atoms with E-state index in [4.69, 9.17) is 0 Å². The second kappa shape index (κ2) is 5.74. The lowest BCUT2D eigenvalue weighted by Gasteiger charge is -2.18. The van der Waals surface area contributed by atoms with Gasteiger partial charge in [-0.15, -0.1) is 0 Å². The first-order chi connectivity index (χ1) is 6.95. The van der Waals surface area contributed by atoms with Crippen molar-refractivity contribution in [1.82, 2.24) is 4.90 Å². The van der Waals surface area contributed by atoms with Crippen molar-refractivity contribution in [3.8, 4) is 0 Å². The van der Waals surface area contributed by atoms with Gasteiger partial charge in [-0.1, -0.05) is 12.7 Å². The molecule has 0 spiro atoms. The average Bonchev–Trinajstić information content (AvgIpc) is 2.14. The van der Waals surface area contributed by atoms with Gasteiger partial charge in [0.2, 0.25) is 11.8 Å². The summed E-state index contributed by atoms with van der Waals surface area (Å²) in [5.41, 5.74) is -0.146. The Bertz CT molecular complexity index is 316. The number of rotatable bonds is 3. The van der Waals surface area contributed by atoms with Crippen molar-refractivity contribution in [2.45, 2.75) is 13.8 Å². The fraction of sp³-hybridized carbons (Fsp3) is 0.300. The van der Waals surface area contributed by atoms with Crippen LogP contribution in [0.25, 0.3) is 0 Å². The van der Waals surface area contributed by atoms with Crippen LogP contribution in [0.5, 0.6) is 0 Å². The van der Waals surface area contributed by atoms with Crippen molar-refractivity contribution >= 4 is 17.8 Å². The summed E-state index contributed by atoms with van der Waals surface area (Å²) in [5.74, 6) is -1.87. The highest BCUT2D eigenvalue weighted by atomic mass is 16.5. The van der Waals surface area contributed by atoms with Gasteiger partial charge in [0.1, 0.15) is 5.70 Å². The van der Waals surface area contributed by atoms with Crippen molar-refractivity contribution in [2.24, 2.45) is 0 Å². The molecule has 15 heavy (non-hydrogen) atoms. The van der Waals surface area contributed by atoms with E-state index in [9.17, 15) is 14.4 Å². The number of imide groups is 1. The van der Waals surface area contributed by atoms with Gasteiger partial charge in [0.05, 0.1) is 7.11 Å². The molecule has 0 unspecified atom stereocenters. The van der Waals surface area contributed by atoms with Gasteiger partial charge in [-0.2, -0.15) is 0 Å². The lowest BCUT2D eigenvalue weighted by molar-refractivity contribution is -0.147. The van der Waals surface area contributed by atoms with Gasteiger partial charge < -0.3 is 4.74 Å². The summed E-state index contributed by atoms with van der Waals surface area (Å²) in [6.45, 7) is 5.75. The minimum atomic E-state index is -0.764. The molecule has 0 aliphatic carbocycles. The molecule has 5 heteroatoms. The van der Waals surface area contributed by atoms with Gasteiger partial charge in [0.25, 0.3) is 0 Å². The highest BCUT2D eigenvalue weighted by molar-refractivity contribution is 6.03. The number of amides is 2. The summed E-state index contributed by atoms with van der Waals surface area (Å²) in [6.07, 6.45) is 2.54. The van der Waals surface area contributed by atoms with E-state index >= 15 is 0 Å². The largest absolute Gasteiger partial charge is 0.464 e. The zero-order valence-corrected chi connectivity index (χ0v) is 8.94. The standard InChI is InChI=1S/C10H13NO4/c1-5-6-9(10(14)15-4)11(7(2)12)8(3)13/h5-6H,1H2,2-4H3/b9-6-. The summed E-state index contributed by atoms with van der Waals surface area (Å²) in [6, 6.07) is 0. The van der Waals surface area contributed by atoms with Crippen LogP contribution in [0.15, 0.2) is 24.4 Å². The van der Waals surface area contributed by atoms with E-state index in [1.54, 1.807) is 0 Å². The van der Waals surface area contributed by atoms with Crippen molar-refractivity contribution in [3.63, 3.8) is 0 Å². The maximum Gasteiger partial charge on any atom is 0.355 e. The Morgan fingerprint density at radius 2 is 1.67 bits per heavy atom. The Balaban J connectivity index is 5.29. The molecule has 0 N–H and O–H groups in total. The predicted molar refractivity (Wildman–Crippen MR) is 53.5 cm³/mol. The number of hydrogen-bond acceptors (Lipinski definition) is 4. The number of methoxy groups -OCH3 is 1. The van der Waals surface area contributed by atoms with Gasteiger partial charge in [-0.25, -0.2) is 9.69 Å². The van der Waals surface area contributed by atoms with E-state index < -0.39 is 17.8 Å². The summed E-state index contributed by atoms with van der Waals surface area (Å²) in [7, 11) is 1.16. The Labute approximate surface area is 88.0 Å². The molecule has 0 atom stereocenters. The molecule has 0 aliphatic heterocycles. The molecule has 0 rings (SSSR count). The second-order valence-electron chi connectivity index (χ2n) is 2.65. The fourth-order valence-corrected chi connectivity index (χ4v) is 1.01. The van der Waals surface area contributed by atoms with Crippen LogP contribution in [0.4, 0.5) is 0 Å². The number of nitrogens with zero attached hydrogens (tertiary/aromatic N) is 1. The van der Waals surface area contributed by atoms with Crippen molar-refractivity contribution in [2.75, 3.05) is 7.11 Å². The average molecular weight is 211 g/mol. The number of carbonyl (C=O) groups excluding carboxylic acids is 3. The Morgan fingerprint density at radius 3 is 1.93 bits per heavy atom. The zero-order chi connectivity index (χ0) is 12.0. The number of carbonyl (C=O) groups is 3. The molecule has 0 heterocycles. The van der Waals surface area contributed by atoms with Crippen molar-refractivity contribution < 1.29 is 19.1 Å². The molecule has 0 aliphatic rings. The van der Waals surface area contributed by atoms with Crippen molar-refractivity contribution in [1.29, 1.82) is 0 Å². The highest BCUT2D eigenvalue weighted by Crippen LogP contribution is 2.08. The van der Waals surface area contributed by atoms with Gasteiger partial charge in [0, 0.05) is 13.8 Å². The molecule has 5 nitrogen and oxygen atoms in total. The number of ether oxygens (including phenoxy) is 1. The molecule has 0 fully saturated rings. The van der Waals surface area contributed by atoms with Gasteiger partial charge in [-0.3, -0.25) is 9.59 Å². The van der Waals surface area contributed by atoms with Crippen LogP contribution in [0.3, 0.4) is 0 Å². The van der Waals surface area contributed by atoms with E-state index in [1.807, 2.05) is 0 Å². The third-order valence-electron chi connectivity index (χ3n) is 1.54. The van der Waals surface area contributed by atoms with Gasteiger partial charge >= 0.3 is 5.97 Å². The summed E-state index contributed by atoms with van der Waals surface area (Å²) in [5, 5.41) is 0. The van der Waals surface area contributed by atoms with Crippen LogP contribution in [0.1, 0.15) is 13.8 Å². The third-order valence-corrected chi connectivity index (χ3v) is 1.54. The summed E-state index contributed by atoms with van der Waals surface area (Å²) in [4.78, 5) is 34.3. The topological polar surface area (TPSA) is 63.7 Å². The molecule has 0 aromatic rings. The van der Waals surface area contributed by atoms with E-state index in [2.05, 4.69) is 11.3 Å². The molecule has 0 aromatic heterocycles. The molecular weight excluding hydrogens is 198 g/mol. The van der Waals surface area contributed by atoms with Crippen LogP contribution in [0.2, 0.25) is 0 Å². The lowest BCUT2D eigenvalue weighted by Crippen LogP contribution is -2.36. The molecule has 0 saturated heterocycles. The van der Waals surface area contributed by atoms with Crippen molar-refractivity contribution in [3.05, 3.63) is 24.4 Å². The molecule has 0 radical (unpaired) electrons. The van der Waals surface area contributed by atoms with E-state index in [0.717, 1.165) is 12.0 Å². The number of esters is 1. The zero-order valence-electron chi connectivity index (χ0n) is 8.94. The molecule has 2 amide bonds. The van der Waals surface area contributed by atoms with E-state index in [-0.39, 0.29) is 5.70 Å². The number of hydrogen-bond donors (Lipinski definition) is 0. The smallest absolute Gasteiger partial charge is 0.355 e. The second-order valence-corrected chi connectivity index (χ2v) is 2.65. The van der Waals surface area contributed by atoms with Crippen LogP contribution >= 0.6 is 0 Å². The molecule has 82 valence electrons. The highest BCUT2D eigenvalue weighted by Gasteiger charge is 2.24. The maximum absolute atomic E-state index is 11.3. The minimum Gasteiger partial charge on any atom is -0.464 e. The normalized spacial score (nSPS) is 10.5. The van der Waals surface area contributed by atoms with E-state index in [1.165, 1.54) is 26.0 Å². The quantitative estimate of drug-likeness (QED) is 0.390. The summed E-state index contributed by atoms with van der Waals surface area (Å²) < 4.78 is 4.45. The SMILES string of the molecule is C=C/C=C(/C(=O)OC)N(C(C)=O)C(C)=O. The Hall–Kier alpha value is -1.91. The molecule has 0 bridgehead atoms. The molecule has 0 aromatic carbocycles. The maximum atomic E-state index is 11.3. The molecule has 0 saturated carbocycles. The third kappa shape index (κ3) is 3.38. The van der Waals surface area contributed by atoms with Crippen LogP contribution in [-0.4, -0.2) is 29.8 Å². The predicted octanol–water partition coefficient (Wildman–Crippen LogP) is 0.624. The van der Waals surface area contributed by atoms with Gasteiger partial charge in [-0.05, 0) is 6.08 Å².